The molecule has 2 aromatic heterocycles. The van der Waals surface area contributed by atoms with Crippen LogP contribution < -0.4 is 26.2 Å². The number of unbranched alkanes of at least 4 members (excludes halogenated alkanes) is 2. The Bertz CT molecular complexity index is 3300. The lowest BCUT2D eigenvalue weighted by atomic mass is 9.80. The van der Waals surface area contributed by atoms with Crippen LogP contribution in [-0.2, 0) is 41.2 Å². The SMILES string of the molecule is CCCCCN1/C(=C/C=C/C2=[N+](CCCS(=O)(=O)[O-])c3ccc(-c4cc(C(=O)NCCS(=O)(=O)O)nc(C(=O)NCCS(=O)(=O)O)c4)cc3C2(C)C)C(C)(C)c2cc(-c3cc(C(=O)NCC)nc(C(=O)NCC)c3)ccc21. The first kappa shape index (κ1) is 59.5. The maximum atomic E-state index is 13.3. The van der Waals surface area contributed by atoms with Crippen molar-refractivity contribution in [1.29, 1.82) is 0 Å². The van der Waals surface area contributed by atoms with Crippen LogP contribution in [0.5, 0.6) is 0 Å². The summed E-state index contributed by atoms with van der Waals surface area (Å²) in [6, 6.07) is 17.6. The van der Waals surface area contributed by atoms with E-state index in [9.17, 15) is 58.1 Å². The van der Waals surface area contributed by atoms with Crippen LogP contribution in [0.3, 0.4) is 0 Å². The zero-order valence-corrected chi connectivity index (χ0v) is 46.5. The Balaban J connectivity index is 1.42. The number of nitrogens with zero attached hydrogens (tertiary/aromatic N) is 4. The number of hydrogen-bond donors (Lipinski definition) is 6. The lowest BCUT2D eigenvalue weighted by molar-refractivity contribution is -0.437. The Kier molecular flexibility index (Phi) is 18.8. The number of anilines is 1. The van der Waals surface area contributed by atoms with Gasteiger partial charge in [-0.15, -0.1) is 0 Å². The summed E-state index contributed by atoms with van der Waals surface area (Å²) in [6.07, 6.45) is 8.85. The van der Waals surface area contributed by atoms with Crippen LogP contribution in [0.2, 0.25) is 0 Å². The van der Waals surface area contributed by atoms with Gasteiger partial charge in [0.1, 0.15) is 29.3 Å². The number of aromatic nitrogens is 2. The van der Waals surface area contributed by atoms with Crippen molar-refractivity contribution in [3.05, 3.63) is 118 Å². The minimum absolute atomic E-state index is 0.000885. The van der Waals surface area contributed by atoms with Gasteiger partial charge in [-0.1, -0.05) is 45.8 Å². The molecule has 2 aromatic carbocycles. The first-order chi connectivity index (χ1) is 36.1. The van der Waals surface area contributed by atoms with E-state index in [0.717, 1.165) is 53.0 Å². The number of carbonyl (C=O) groups is 4. The molecule has 21 nitrogen and oxygen atoms in total. The molecule has 0 bridgehead atoms. The number of rotatable bonds is 24. The van der Waals surface area contributed by atoms with Gasteiger partial charge in [0.2, 0.25) is 5.69 Å². The molecule has 6 rings (SSSR count). The summed E-state index contributed by atoms with van der Waals surface area (Å²) in [4.78, 5) is 63.6. The van der Waals surface area contributed by atoms with Gasteiger partial charge in [-0.2, -0.15) is 21.4 Å². The van der Waals surface area contributed by atoms with Gasteiger partial charge in [-0.25, -0.2) is 18.4 Å². The molecule has 4 amide bonds. The van der Waals surface area contributed by atoms with Crippen LogP contribution in [0.4, 0.5) is 11.4 Å². The number of benzene rings is 2. The molecular formula is C53H66N8O13S3. The molecule has 4 heterocycles. The number of amides is 4. The zero-order chi connectivity index (χ0) is 56.7. The molecule has 2 aliphatic rings. The highest BCUT2D eigenvalue weighted by atomic mass is 32.2. The van der Waals surface area contributed by atoms with Crippen LogP contribution in [0.15, 0.2) is 84.6 Å². The van der Waals surface area contributed by atoms with Gasteiger partial charge in [-0.3, -0.25) is 28.3 Å². The maximum Gasteiger partial charge on any atom is 0.269 e. The molecule has 4 aromatic rings. The molecule has 6 N–H and O–H groups in total. The topological polar surface area (TPSA) is 314 Å². The third kappa shape index (κ3) is 14.9. The molecule has 0 saturated heterocycles. The Morgan fingerprint density at radius 2 is 1.10 bits per heavy atom. The second-order valence-corrected chi connectivity index (χ2v) is 24.4. The number of carbonyl (C=O) groups excluding carboxylic acids is 4. The standard InChI is InChI=1S/C53H66N8O13S3/c1-8-11-12-23-60-44-19-17-34(36-30-40(48(62)54-9-2)58-41(31-36)49(63)55-10-3)28-38(44)52(4,5)46(60)15-13-16-47-53(6,7)39-29-35(18-20-45(39)61(47)24-14-25-75(66,67)68)37-32-42(50(64)56-21-26-76(69,70)71)59-43(33-37)51(65)57-22-27-77(72,73)74/h13,15-20,28-33H,8-12,14,21-27H2,1-7H3,(H6-,54,55,56,57,62,63,64,65,66,67,68,69,70,71,72,73,74). The number of fused-ring (bicyclic) bond motifs is 2. The molecule has 2 aliphatic heterocycles. The fraction of sp³-hybridized carbons (Fsp3) is 0.415. The second-order valence-electron chi connectivity index (χ2n) is 19.7. The van der Waals surface area contributed by atoms with Gasteiger partial charge >= 0.3 is 0 Å². The van der Waals surface area contributed by atoms with Crippen LogP contribution >= 0.6 is 0 Å². The summed E-state index contributed by atoms with van der Waals surface area (Å²) in [5.41, 5.74) is 5.68. The molecule has 77 heavy (non-hydrogen) atoms. The lowest BCUT2D eigenvalue weighted by Gasteiger charge is -2.27. The Morgan fingerprint density at radius 1 is 0.623 bits per heavy atom. The highest BCUT2D eigenvalue weighted by Crippen LogP contribution is 2.49. The Labute approximate surface area is 450 Å². The molecule has 0 aliphatic carbocycles. The van der Waals surface area contributed by atoms with E-state index in [1.807, 2.05) is 42.7 Å². The van der Waals surface area contributed by atoms with Crippen LogP contribution in [0.1, 0.15) is 127 Å². The molecule has 0 spiro atoms. The predicted molar refractivity (Wildman–Crippen MR) is 292 cm³/mol. The third-order valence-corrected chi connectivity index (χ3v) is 15.5. The fourth-order valence-corrected chi connectivity index (χ4v) is 10.7. The molecule has 24 heteroatoms. The van der Waals surface area contributed by atoms with Gasteiger partial charge in [-0.05, 0) is 117 Å². The zero-order valence-electron chi connectivity index (χ0n) is 44.1. The fourth-order valence-electron chi connectivity index (χ4n) is 9.47. The van der Waals surface area contributed by atoms with E-state index < -0.39 is 95.2 Å². The van der Waals surface area contributed by atoms with Crippen LogP contribution in [0, 0.1) is 0 Å². The van der Waals surface area contributed by atoms with Gasteiger partial charge in [0.15, 0.2) is 5.71 Å². The van der Waals surface area contributed by atoms with Gasteiger partial charge in [0.05, 0.1) is 27.0 Å². The summed E-state index contributed by atoms with van der Waals surface area (Å²) in [5, 5.41) is 10.2. The van der Waals surface area contributed by atoms with E-state index in [4.69, 9.17) is 0 Å². The maximum absolute atomic E-state index is 13.3. The van der Waals surface area contributed by atoms with Crippen molar-refractivity contribution < 1.29 is 62.7 Å². The highest BCUT2D eigenvalue weighted by Gasteiger charge is 2.45. The largest absolute Gasteiger partial charge is 0.748 e. The molecule has 0 saturated carbocycles. The number of nitrogens with one attached hydrogen (secondary N) is 4. The summed E-state index contributed by atoms with van der Waals surface area (Å²) >= 11 is 0. The van der Waals surface area contributed by atoms with Gasteiger partial charge in [0.25, 0.3) is 43.9 Å². The van der Waals surface area contributed by atoms with Gasteiger partial charge < -0.3 is 30.7 Å². The monoisotopic (exact) mass is 1120 g/mol. The van der Waals surface area contributed by atoms with Crippen molar-refractivity contribution in [1.82, 2.24) is 31.2 Å². The molecule has 414 valence electrons. The summed E-state index contributed by atoms with van der Waals surface area (Å²) in [7, 11) is -13.4. The van der Waals surface area contributed by atoms with E-state index in [-0.39, 0.29) is 35.7 Å². The highest BCUT2D eigenvalue weighted by molar-refractivity contribution is 7.86. The van der Waals surface area contributed by atoms with E-state index in [1.165, 1.54) is 12.1 Å². The second kappa shape index (κ2) is 24.3. The average Bonchev–Trinajstić information content (AvgIpc) is 3.71. The predicted octanol–water partition coefficient (Wildman–Crippen LogP) is 5.28. The Morgan fingerprint density at radius 3 is 1.57 bits per heavy atom. The normalized spacial score (nSPS) is 15.4. The van der Waals surface area contributed by atoms with Crippen LogP contribution in [-0.4, -0.2) is 139 Å². The first-order valence-electron chi connectivity index (χ1n) is 25.2. The van der Waals surface area contributed by atoms with E-state index >= 15 is 0 Å². The molecule has 0 unspecified atom stereocenters. The van der Waals surface area contributed by atoms with Gasteiger partial charge in [0, 0.05) is 79.4 Å². The molecular weight excluding hydrogens is 1050 g/mol. The van der Waals surface area contributed by atoms with Crippen molar-refractivity contribution in [2.45, 2.75) is 85.0 Å². The quantitative estimate of drug-likeness (QED) is 0.0295. The number of allylic oxidation sites excluding steroid dienone is 4. The minimum atomic E-state index is -4.57. The van der Waals surface area contributed by atoms with Crippen molar-refractivity contribution in [3.63, 3.8) is 0 Å². The average molecular weight is 1120 g/mol. The molecule has 0 fully saturated rings. The Hall–Kier alpha value is -6.70. The van der Waals surface area contributed by atoms with Crippen molar-refractivity contribution in [2.75, 3.05) is 61.4 Å². The summed E-state index contributed by atoms with van der Waals surface area (Å²) in [6.45, 7) is 14.6. The number of hydrogen-bond acceptors (Lipinski definition) is 14. The van der Waals surface area contributed by atoms with Crippen molar-refractivity contribution in [2.24, 2.45) is 0 Å². The van der Waals surface area contributed by atoms with E-state index in [1.54, 1.807) is 38.1 Å². The minimum Gasteiger partial charge on any atom is -0.748 e. The third-order valence-electron chi connectivity index (χ3n) is 13.3. The van der Waals surface area contributed by atoms with Crippen LogP contribution in [0.25, 0.3) is 22.3 Å². The smallest absolute Gasteiger partial charge is 0.269 e. The summed E-state index contributed by atoms with van der Waals surface area (Å²) < 4.78 is 101. The molecule has 0 atom stereocenters. The first-order valence-corrected chi connectivity index (χ1v) is 30.0. The van der Waals surface area contributed by atoms with E-state index in [2.05, 4.69) is 75.1 Å². The van der Waals surface area contributed by atoms with E-state index in [0.29, 0.717) is 42.0 Å². The van der Waals surface area contributed by atoms with Crippen molar-refractivity contribution >= 4 is 71.1 Å². The van der Waals surface area contributed by atoms with Crippen molar-refractivity contribution in [3.8, 4) is 22.3 Å². The lowest BCUT2D eigenvalue weighted by Crippen LogP contribution is -2.32. The molecule has 0 radical (unpaired) electrons. The number of pyridine rings is 2. The summed E-state index contributed by atoms with van der Waals surface area (Å²) in [5.74, 6) is -4.79.